The van der Waals surface area contributed by atoms with Crippen LogP contribution in [0.2, 0.25) is 5.02 Å². The molecule has 0 spiro atoms. The zero-order valence-corrected chi connectivity index (χ0v) is 13.9. The summed E-state index contributed by atoms with van der Waals surface area (Å²) < 4.78 is 19.4. The predicted octanol–water partition coefficient (Wildman–Crippen LogP) is 3.70. The molecule has 0 bridgehead atoms. The van der Waals surface area contributed by atoms with Crippen molar-refractivity contribution in [1.82, 2.24) is 5.32 Å². The minimum absolute atomic E-state index is 0.160. The topological polar surface area (TPSA) is 38.3 Å². The van der Waals surface area contributed by atoms with Gasteiger partial charge in [0.05, 0.1) is 13.0 Å². The molecule has 0 saturated carbocycles. The molecule has 0 unspecified atom stereocenters. The van der Waals surface area contributed by atoms with Crippen LogP contribution in [0.3, 0.4) is 0 Å². The van der Waals surface area contributed by atoms with Crippen molar-refractivity contribution in [2.24, 2.45) is 0 Å². The fraction of sp³-hybridized carbons (Fsp3) is 0.278. The number of carbonyl (C=O) groups excluding carboxylic acids is 1. The third-order valence-electron chi connectivity index (χ3n) is 3.83. The number of benzene rings is 2. The van der Waals surface area contributed by atoms with Gasteiger partial charge in [0.25, 0.3) is 0 Å². The van der Waals surface area contributed by atoms with Crippen LogP contribution in [0.1, 0.15) is 18.1 Å². The van der Waals surface area contributed by atoms with Crippen LogP contribution in [-0.2, 0) is 21.6 Å². The molecule has 122 valence electrons. The third kappa shape index (κ3) is 4.30. The normalized spacial score (nSPS) is 13.4. The highest BCUT2D eigenvalue weighted by molar-refractivity contribution is 6.31. The molecule has 0 aliphatic rings. The molecule has 1 atom stereocenters. The zero-order valence-electron chi connectivity index (χ0n) is 13.1. The van der Waals surface area contributed by atoms with E-state index in [1.807, 2.05) is 12.1 Å². The van der Waals surface area contributed by atoms with E-state index in [0.717, 1.165) is 5.56 Å². The van der Waals surface area contributed by atoms with Gasteiger partial charge in [-0.1, -0.05) is 48.0 Å². The summed E-state index contributed by atoms with van der Waals surface area (Å²) in [6, 6.07) is 13.6. The molecule has 1 N–H and O–H groups in total. The Labute approximate surface area is 140 Å². The summed E-state index contributed by atoms with van der Waals surface area (Å²) in [4.78, 5) is 12.1. The van der Waals surface area contributed by atoms with Crippen LogP contribution in [0.15, 0.2) is 48.5 Å². The smallest absolute Gasteiger partial charge is 0.224 e. The van der Waals surface area contributed by atoms with Crippen LogP contribution in [0.25, 0.3) is 0 Å². The van der Waals surface area contributed by atoms with Gasteiger partial charge in [0.15, 0.2) is 0 Å². The van der Waals surface area contributed by atoms with Gasteiger partial charge in [-0.15, -0.1) is 0 Å². The molecule has 5 heteroatoms. The van der Waals surface area contributed by atoms with E-state index in [1.54, 1.807) is 37.3 Å². The second-order valence-electron chi connectivity index (χ2n) is 5.46. The Balaban J connectivity index is 2.04. The standard InChI is InChI=1S/C18H19ClFNO2/c1-18(23-2,14-8-4-6-10-16(14)20)12-21-17(22)11-13-7-3-5-9-15(13)19/h3-10H,11-12H2,1-2H3,(H,21,22)/t18-/m1/s1. The van der Waals surface area contributed by atoms with Crippen LogP contribution < -0.4 is 5.32 Å². The molecule has 1 amide bonds. The Morgan fingerprint density at radius 2 is 1.87 bits per heavy atom. The van der Waals surface area contributed by atoms with Crippen molar-refractivity contribution >= 4 is 17.5 Å². The summed E-state index contributed by atoms with van der Waals surface area (Å²) in [7, 11) is 1.49. The average molecular weight is 336 g/mol. The zero-order chi connectivity index (χ0) is 16.9. The number of rotatable bonds is 6. The molecule has 0 heterocycles. The second kappa shape index (κ2) is 7.57. The van der Waals surface area contributed by atoms with Gasteiger partial charge in [-0.3, -0.25) is 4.79 Å². The Hall–Kier alpha value is -1.91. The fourth-order valence-corrected chi connectivity index (χ4v) is 2.51. The lowest BCUT2D eigenvalue weighted by Crippen LogP contribution is -2.41. The van der Waals surface area contributed by atoms with Crippen molar-refractivity contribution in [3.05, 3.63) is 70.5 Å². The van der Waals surface area contributed by atoms with Crippen molar-refractivity contribution in [2.45, 2.75) is 18.9 Å². The van der Waals surface area contributed by atoms with Crippen molar-refractivity contribution in [3.8, 4) is 0 Å². The van der Waals surface area contributed by atoms with Gasteiger partial charge >= 0.3 is 0 Å². The van der Waals surface area contributed by atoms with Crippen LogP contribution in [0.4, 0.5) is 4.39 Å². The first-order chi connectivity index (χ1) is 11.0. The fourth-order valence-electron chi connectivity index (χ4n) is 2.31. The minimum atomic E-state index is -0.943. The van der Waals surface area contributed by atoms with E-state index in [2.05, 4.69) is 5.32 Å². The maximum absolute atomic E-state index is 14.0. The third-order valence-corrected chi connectivity index (χ3v) is 4.19. The van der Waals surface area contributed by atoms with Crippen LogP contribution in [0.5, 0.6) is 0 Å². The van der Waals surface area contributed by atoms with E-state index in [1.165, 1.54) is 13.2 Å². The van der Waals surface area contributed by atoms with E-state index in [4.69, 9.17) is 16.3 Å². The monoisotopic (exact) mass is 335 g/mol. The van der Waals surface area contributed by atoms with Crippen molar-refractivity contribution < 1.29 is 13.9 Å². The molecule has 0 fully saturated rings. The second-order valence-corrected chi connectivity index (χ2v) is 5.87. The summed E-state index contributed by atoms with van der Waals surface area (Å²) >= 11 is 6.05. The van der Waals surface area contributed by atoms with Gasteiger partial charge in [-0.25, -0.2) is 4.39 Å². The lowest BCUT2D eigenvalue weighted by molar-refractivity contribution is -0.122. The summed E-state index contributed by atoms with van der Waals surface area (Å²) in [6.45, 7) is 1.90. The van der Waals surface area contributed by atoms with E-state index in [0.29, 0.717) is 10.6 Å². The molecular weight excluding hydrogens is 317 g/mol. The molecule has 0 radical (unpaired) electrons. The molecule has 2 aromatic carbocycles. The van der Waals surface area contributed by atoms with Crippen molar-refractivity contribution in [1.29, 1.82) is 0 Å². The van der Waals surface area contributed by atoms with Crippen molar-refractivity contribution in [3.63, 3.8) is 0 Å². The molecule has 3 nitrogen and oxygen atoms in total. The summed E-state index contributed by atoms with van der Waals surface area (Å²) in [5.74, 6) is -0.560. The Morgan fingerprint density at radius 1 is 1.22 bits per heavy atom. The van der Waals surface area contributed by atoms with Crippen LogP contribution >= 0.6 is 11.6 Å². The highest BCUT2D eigenvalue weighted by atomic mass is 35.5. The van der Waals surface area contributed by atoms with E-state index < -0.39 is 5.60 Å². The molecule has 2 rings (SSSR count). The summed E-state index contributed by atoms with van der Waals surface area (Å²) in [5.41, 5.74) is 0.207. The number of hydrogen-bond acceptors (Lipinski definition) is 2. The van der Waals surface area contributed by atoms with Gasteiger partial charge < -0.3 is 10.1 Å². The summed E-state index contributed by atoms with van der Waals surface area (Å²) in [5, 5.41) is 3.33. The van der Waals surface area contributed by atoms with Gasteiger partial charge in [-0.2, -0.15) is 0 Å². The Morgan fingerprint density at radius 3 is 2.52 bits per heavy atom. The maximum atomic E-state index is 14.0. The van der Waals surface area contributed by atoms with Gasteiger partial charge in [-0.05, 0) is 24.6 Å². The predicted molar refractivity (Wildman–Crippen MR) is 88.9 cm³/mol. The SMILES string of the molecule is CO[C@](C)(CNC(=O)Cc1ccccc1Cl)c1ccccc1F. The quantitative estimate of drug-likeness (QED) is 0.874. The molecule has 0 saturated heterocycles. The first-order valence-electron chi connectivity index (χ1n) is 7.26. The number of carbonyl (C=O) groups is 1. The highest BCUT2D eigenvalue weighted by Crippen LogP contribution is 2.26. The van der Waals surface area contributed by atoms with Crippen LogP contribution in [0, 0.1) is 5.82 Å². The van der Waals surface area contributed by atoms with Crippen LogP contribution in [-0.4, -0.2) is 19.6 Å². The van der Waals surface area contributed by atoms with Crippen molar-refractivity contribution in [2.75, 3.05) is 13.7 Å². The number of amides is 1. The van der Waals surface area contributed by atoms with E-state index >= 15 is 0 Å². The minimum Gasteiger partial charge on any atom is -0.372 e. The molecule has 23 heavy (non-hydrogen) atoms. The number of nitrogens with one attached hydrogen (secondary N) is 1. The number of hydrogen-bond donors (Lipinski definition) is 1. The average Bonchev–Trinajstić information content (AvgIpc) is 2.55. The van der Waals surface area contributed by atoms with Gasteiger partial charge in [0, 0.05) is 17.7 Å². The first kappa shape index (κ1) is 17.4. The largest absolute Gasteiger partial charge is 0.372 e. The summed E-state index contributed by atoms with van der Waals surface area (Å²) in [6.07, 6.45) is 0.163. The first-order valence-corrected chi connectivity index (χ1v) is 7.64. The molecular formula is C18H19ClFNO2. The number of ether oxygens (including phenoxy) is 1. The Kier molecular flexibility index (Phi) is 5.74. The molecule has 0 aliphatic carbocycles. The lowest BCUT2D eigenvalue weighted by Gasteiger charge is -2.29. The number of methoxy groups -OCH3 is 1. The highest BCUT2D eigenvalue weighted by Gasteiger charge is 2.29. The maximum Gasteiger partial charge on any atom is 0.224 e. The van der Waals surface area contributed by atoms with E-state index in [9.17, 15) is 9.18 Å². The van der Waals surface area contributed by atoms with Gasteiger partial charge in [0.2, 0.25) is 5.91 Å². The van der Waals surface area contributed by atoms with E-state index in [-0.39, 0.29) is 24.7 Å². The lowest BCUT2D eigenvalue weighted by atomic mass is 9.95. The molecule has 0 aromatic heterocycles. The number of halogens is 2. The van der Waals surface area contributed by atoms with Gasteiger partial charge in [0.1, 0.15) is 11.4 Å². The molecule has 2 aromatic rings. The Bertz CT molecular complexity index is 692. The molecule has 0 aliphatic heterocycles.